The van der Waals surface area contributed by atoms with Gasteiger partial charge in [-0.15, -0.1) is 11.3 Å². The summed E-state index contributed by atoms with van der Waals surface area (Å²) in [4.78, 5) is 44.6. The van der Waals surface area contributed by atoms with Gasteiger partial charge in [0.1, 0.15) is 11.4 Å². The molecule has 0 unspecified atom stereocenters. The van der Waals surface area contributed by atoms with Gasteiger partial charge in [-0.05, 0) is 12.5 Å². The maximum absolute atomic E-state index is 13.5. The third-order valence-corrected chi connectivity index (χ3v) is 7.58. The third-order valence-electron chi connectivity index (χ3n) is 6.28. The van der Waals surface area contributed by atoms with E-state index in [0.717, 1.165) is 15.9 Å². The molecule has 3 heterocycles. The van der Waals surface area contributed by atoms with Crippen LogP contribution in [0.25, 0.3) is 10.2 Å². The smallest absolute Gasteiger partial charge is 0.390 e. The van der Waals surface area contributed by atoms with Crippen molar-refractivity contribution in [2.24, 2.45) is 4.99 Å². The Balaban J connectivity index is 1.73. The van der Waals surface area contributed by atoms with Gasteiger partial charge >= 0.3 is 17.8 Å². The molecular weight excluding hydrogens is 513 g/mol. The lowest BCUT2D eigenvalue weighted by molar-refractivity contribution is -0.139. The molecule has 0 saturated heterocycles. The Hall–Kier alpha value is -2.97. The van der Waals surface area contributed by atoms with Crippen molar-refractivity contribution < 1.29 is 31.5 Å². The van der Waals surface area contributed by atoms with E-state index in [1.165, 1.54) is 7.11 Å². The van der Waals surface area contributed by atoms with Gasteiger partial charge in [0.05, 0.1) is 38.0 Å². The molecule has 36 heavy (non-hydrogen) atoms. The van der Waals surface area contributed by atoms with Crippen molar-refractivity contribution in [1.29, 1.82) is 0 Å². The fraction of sp³-hybridized carbons (Fsp3) is 0.619. The number of carbonyl (C=O) groups excluding carboxylic acids is 1. The van der Waals surface area contributed by atoms with Gasteiger partial charge in [-0.2, -0.15) is 13.2 Å². The fourth-order valence-corrected chi connectivity index (χ4v) is 5.66. The number of hydrogen-bond acceptors (Lipinski definition) is 8. The van der Waals surface area contributed by atoms with E-state index < -0.39 is 61.2 Å². The number of fused-ring (bicyclic) bond motifs is 1. The number of aryl methyl sites for hydroxylation is 2. The van der Waals surface area contributed by atoms with Gasteiger partial charge in [-0.1, -0.05) is 0 Å². The van der Waals surface area contributed by atoms with E-state index in [-0.39, 0.29) is 23.3 Å². The van der Waals surface area contributed by atoms with Crippen molar-refractivity contribution in [2.45, 2.75) is 57.4 Å². The highest BCUT2D eigenvalue weighted by molar-refractivity contribution is 7.18. The average Bonchev–Trinajstić information content (AvgIpc) is 3.34. The molecule has 1 saturated carbocycles. The van der Waals surface area contributed by atoms with Gasteiger partial charge in [-0.3, -0.25) is 23.7 Å². The topological polar surface area (TPSA) is 97.9 Å². The molecule has 0 amide bonds. The summed E-state index contributed by atoms with van der Waals surface area (Å²) < 4.78 is 72.2. The van der Waals surface area contributed by atoms with Gasteiger partial charge in [0.15, 0.2) is 5.96 Å². The minimum absolute atomic E-state index is 0.0483. The fourth-order valence-electron chi connectivity index (χ4n) is 4.33. The van der Waals surface area contributed by atoms with Crippen LogP contribution in [0.4, 0.5) is 22.0 Å². The van der Waals surface area contributed by atoms with Crippen LogP contribution in [0.5, 0.6) is 0 Å². The van der Waals surface area contributed by atoms with Gasteiger partial charge in [0.2, 0.25) is 0 Å². The first-order valence-electron chi connectivity index (χ1n) is 11.1. The van der Waals surface area contributed by atoms with E-state index in [4.69, 9.17) is 0 Å². The molecule has 198 valence electrons. The summed E-state index contributed by atoms with van der Waals surface area (Å²) >= 11 is 1.01. The molecule has 9 nitrogen and oxygen atoms in total. The van der Waals surface area contributed by atoms with Gasteiger partial charge < -0.3 is 15.0 Å². The van der Waals surface area contributed by atoms with E-state index >= 15 is 0 Å². The SMILES string of the molecule is COC(=O)CNC1=NCCN1Cc1sc2c(c1C)c(=O)n(C1CC(F)(F)C1)c(=O)n2CCC(F)(F)F. The van der Waals surface area contributed by atoms with Crippen LogP contribution in [0.1, 0.15) is 35.7 Å². The van der Waals surface area contributed by atoms with Crippen molar-refractivity contribution in [1.82, 2.24) is 19.4 Å². The molecule has 4 rings (SSSR count). The number of guanidine groups is 1. The molecule has 1 fully saturated rings. The van der Waals surface area contributed by atoms with E-state index in [2.05, 4.69) is 15.0 Å². The summed E-state index contributed by atoms with van der Waals surface area (Å²) in [5, 5.41) is 2.91. The van der Waals surface area contributed by atoms with E-state index in [1.807, 2.05) is 0 Å². The summed E-state index contributed by atoms with van der Waals surface area (Å²) in [5.41, 5.74) is -1.34. The van der Waals surface area contributed by atoms with Crippen LogP contribution in [-0.4, -0.2) is 64.8 Å². The zero-order chi connectivity index (χ0) is 26.4. The molecule has 0 aromatic carbocycles. The average molecular weight is 538 g/mol. The molecule has 1 aliphatic heterocycles. The number of nitrogens with one attached hydrogen (secondary N) is 1. The number of aliphatic imine (C=N–C) groups is 1. The molecule has 2 aromatic heterocycles. The lowest BCUT2D eigenvalue weighted by atomic mass is 9.88. The van der Waals surface area contributed by atoms with Crippen LogP contribution >= 0.6 is 11.3 Å². The molecule has 2 aromatic rings. The Kier molecular flexibility index (Phi) is 6.88. The van der Waals surface area contributed by atoms with Gasteiger partial charge in [-0.25, -0.2) is 13.6 Å². The van der Waals surface area contributed by atoms with Crippen LogP contribution in [0.2, 0.25) is 0 Å². The predicted molar refractivity (Wildman–Crippen MR) is 122 cm³/mol. The van der Waals surface area contributed by atoms with Crippen LogP contribution in [0.15, 0.2) is 14.6 Å². The highest BCUT2D eigenvalue weighted by Gasteiger charge is 2.48. The van der Waals surface area contributed by atoms with Crippen molar-refractivity contribution in [2.75, 3.05) is 26.7 Å². The molecule has 2 aliphatic rings. The number of carbonyl (C=O) groups is 1. The van der Waals surface area contributed by atoms with E-state index in [1.54, 1.807) is 11.8 Å². The number of methoxy groups -OCH3 is 1. The number of hydrogen-bond donors (Lipinski definition) is 1. The number of halogens is 5. The Morgan fingerprint density at radius 1 is 1.28 bits per heavy atom. The molecule has 0 radical (unpaired) electrons. The second kappa shape index (κ2) is 9.48. The number of alkyl halides is 5. The monoisotopic (exact) mass is 537 g/mol. The van der Waals surface area contributed by atoms with Gasteiger partial charge in [0.25, 0.3) is 11.5 Å². The highest BCUT2D eigenvalue weighted by Crippen LogP contribution is 2.44. The van der Waals surface area contributed by atoms with Crippen LogP contribution in [0, 0.1) is 6.92 Å². The molecule has 1 aliphatic carbocycles. The molecule has 1 N–H and O–H groups in total. The summed E-state index contributed by atoms with van der Waals surface area (Å²) in [7, 11) is 1.24. The second-order valence-electron chi connectivity index (χ2n) is 8.78. The van der Waals surface area contributed by atoms with Crippen molar-refractivity contribution in [3.05, 3.63) is 31.3 Å². The van der Waals surface area contributed by atoms with Gasteiger partial charge in [0, 0.05) is 30.8 Å². The number of nitrogens with zero attached hydrogens (tertiary/aromatic N) is 4. The number of thiophene rings is 1. The Morgan fingerprint density at radius 3 is 2.58 bits per heavy atom. The summed E-state index contributed by atoms with van der Waals surface area (Å²) in [6.45, 7) is 1.89. The maximum atomic E-state index is 13.5. The first-order chi connectivity index (χ1) is 16.8. The van der Waals surface area contributed by atoms with Crippen LogP contribution in [0.3, 0.4) is 0 Å². The minimum atomic E-state index is -4.56. The summed E-state index contributed by atoms with van der Waals surface area (Å²) in [5.74, 6) is -3.11. The van der Waals surface area contributed by atoms with E-state index in [9.17, 15) is 36.3 Å². The predicted octanol–water partition coefficient (Wildman–Crippen LogP) is 2.39. The lowest BCUT2D eigenvalue weighted by Gasteiger charge is -2.35. The summed E-state index contributed by atoms with van der Waals surface area (Å²) in [6, 6.07) is -1.08. The van der Waals surface area contributed by atoms with Crippen molar-refractivity contribution in [3.8, 4) is 0 Å². The minimum Gasteiger partial charge on any atom is -0.468 e. The molecule has 0 bridgehead atoms. The van der Waals surface area contributed by atoms with Crippen LogP contribution < -0.4 is 16.6 Å². The number of esters is 1. The number of aromatic nitrogens is 2. The first-order valence-corrected chi connectivity index (χ1v) is 11.9. The normalized spacial score (nSPS) is 17.9. The summed E-state index contributed by atoms with van der Waals surface area (Å²) in [6.07, 6.45) is -7.31. The highest BCUT2D eigenvalue weighted by atomic mass is 32.1. The maximum Gasteiger partial charge on any atom is 0.390 e. The Morgan fingerprint density at radius 2 is 1.97 bits per heavy atom. The second-order valence-corrected chi connectivity index (χ2v) is 9.86. The third kappa shape index (κ3) is 5.11. The largest absolute Gasteiger partial charge is 0.468 e. The molecule has 0 spiro atoms. The van der Waals surface area contributed by atoms with E-state index in [0.29, 0.717) is 34.1 Å². The molecule has 15 heteroatoms. The zero-order valence-corrected chi connectivity index (χ0v) is 20.3. The standard InChI is InChI=1S/C21H24F5N5O4S/c1-11-13(10-29-6-4-27-18(29)28-9-14(32)35-2)36-17-15(11)16(33)31(12-7-20(22,23)8-12)19(34)30(17)5-3-21(24,25)26/h12H,3-10H2,1-2H3,(H,27,28). The van der Waals surface area contributed by atoms with Crippen LogP contribution in [-0.2, 0) is 22.6 Å². The first kappa shape index (κ1) is 26.1. The van der Waals surface area contributed by atoms with Crippen molar-refractivity contribution >= 4 is 33.5 Å². The molecular formula is C21H24F5N5O4S. The molecule has 0 atom stereocenters. The Bertz CT molecular complexity index is 1320. The quantitative estimate of drug-likeness (QED) is 0.431. The number of rotatable bonds is 7. The Labute approximate surface area is 205 Å². The number of ether oxygens (including phenoxy) is 1. The zero-order valence-electron chi connectivity index (χ0n) is 19.5. The van der Waals surface area contributed by atoms with Crippen molar-refractivity contribution in [3.63, 3.8) is 0 Å². The lowest BCUT2D eigenvalue weighted by Crippen LogP contribution is -2.49.